The molecule has 21 heavy (non-hydrogen) atoms. The summed E-state index contributed by atoms with van der Waals surface area (Å²) in [6.07, 6.45) is 0.993. The number of hydrogen-bond donors (Lipinski definition) is 0. The first kappa shape index (κ1) is 15.2. The van der Waals surface area contributed by atoms with E-state index in [4.69, 9.17) is 4.74 Å². The summed E-state index contributed by atoms with van der Waals surface area (Å²) in [6.45, 7) is 7.96. The highest BCUT2D eigenvalue weighted by Crippen LogP contribution is 2.28. The third-order valence-electron chi connectivity index (χ3n) is 3.30. The lowest BCUT2D eigenvalue weighted by molar-refractivity contribution is 0.0519. The molecular formula is C16H21N3O2. The maximum absolute atomic E-state index is 12.2. The van der Waals surface area contributed by atoms with Crippen LogP contribution in [-0.2, 0) is 4.74 Å². The zero-order valence-corrected chi connectivity index (χ0v) is 12.8. The highest BCUT2D eigenvalue weighted by atomic mass is 16.5. The predicted molar refractivity (Wildman–Crippen MR) is 83.7 cm³/mol. The molecule has 5 nitrogen and oxygen atoms in total. The first-order valence-electron chi connectivity index (χ1n) is 7.40. The molecule has 1 heterocycles. The molecule has 2 aromatic rings. The summed E-state index contributed by atoms with van der Waals surface area (Å²) < 4.78 is 5.12. The monoisotopic (exact) mass is 287 g/mol. The van der Waals surface area contributed by atoms with Crippen LogP contribution in [0.2, 0.25) is 0 Å². The minimum Gasteiger partial charge on any atom is -0.461 e. The van der Waals surface area contributed by atoms with E-state index < -0.39 is 5.97 Å². The third-order valence-corrected chi connectivity index (χ3v) is 3.30. The van der Waals surface area contributed by atoms with E-state index in [1.54, 1.807) is 6.92 Å². The summed E-state index contributed by atoms with van der Waals surface area (Å²) in [5.41, 5.74) is 1.91. The number of ether oxygens (including phenoxy) is 1. The number of rotatable bonds is 6. The lowest BCUT2D eigenvalue weighted by atomic mass is 10.1. The standard InChI is InChI=1S/C16H21N3O2/c1-4-11-19(5-2)15-12-9-7-8-10-13(12)17-18-14(15)16(20)21-6-3/h7-10H,4-6,11H2,1-3H3. The van der Waals surface area contributed by atoms with Crippen molar-refractivity contribution in [2.75, 3.05) is 24.6 Å². The molecule has 0 N–H and O–H groups in total. The Bertz CT molecular complexity index is 628. The Morgan fingerprint density at radius 3 is 2.62 bits per heavy atom. The SMILES string of the molecule is CCCN(CC)c1c(C(=O)OCC)nnc2ccccc12. The first-order chi connectivity index (χ1) is 10.2. The zero-order chi connectivity index (χ0) is 15.2. The number of aromatic nitrogens is 2. The van der Waals surface area contributed by atoms with Crippen molar-refractivity contribution in [1.29, 1.82) is 0 Å². The van der Waals surface area contributed by atoms with E-state index in [2.05, 4.69) is 28.9 Å². The summed E-state index contributed by atoms with van der Waals surface area (Å²) in [5.74, 6) is -0.416. The van der Waals surface area contributed by atoms with E-state index in [1.165, 1.54) is 0 Å². The number of esters is 1. The Kier molecular flexibility index (Phi) is 5.09. The van der Waals surface area contributed by atoms with Crippen molar-refractivity contribution < 1.29 is 9.53 Å². The zero-order valence-electron chi connectivity index (χ0n) is 12.8. The van der Waals surface area contributed by atoms with Gasteiger partial charge in [0.1, 0.15) is 0 Å². The second kappa shape index (κ2) is 7.02. The molecule has 0 aliphatic heterocycles. The van der Waals surface area contributed by atoms with Gasteiger partial charge in [-0.2, -0.15) is 0 Å². The molecule has 5 heteroatoms. The molecule has 0 fully saturated rings. The second-order valence-corrected chi connectivity index (χ2v) is 4.71. The fraction of sp³-hybridized carbons (Fsp3) is 0.438. The van der Waals surface area contributed by atoms with Crippen LogP contribution in [0.5, 0.6) is 0 Å². The highest BCUT2D eigenvalue weighted by molar-refractivity contribution is 6.03. The van der Waals surface area contributed by atoms with Crippen LogP contribution >= 0.6 is 0 Å². The largest absolute Gasteiger partial charge is 0.461 e. The van der Waals surface area contributed by atoms with Gasteiger partial charge in [-0.3, -0.25) is 0 Å². The fourth-order valence-corrected chi connectivity index (χ4v) is 2.39. The summed E-state index contributed by atoms with van der Waals surface area (Å²) in [7, 11) is 0. The second-order valence-electron chi connectivity index (χ2n) is 4.71. The Labute approximate surface area is 124 Å². The van der Waals surface area contributed by atoms with E-state index in [0.717, 1.165) is 36.1 Å². The molecular weight excluding hydrogens is 266 g/mol. The Morgan fingerprint density at radius 2 is 1.95 bits per heavy atom. The van der Waals surface area contributed by atoms with Gasteiger partial charge in [-0.15, -0.1) is 10.2 Å². The molecule has 112 valence electrons. The predicted octanol–water partition coefficient (Wildman–Crippen LogP) is 3.04. The molecule has 0 bridgehead atoms. The Balaban J connectivity index is 2.64. The molecule has 0 aliphatic carbocycles. The van der Waals surface area contributed by atoms with Gasteiger partial charge in [-0.1, -0.05) is 25.1 Å². The maximum Gasteiger partial charge on any atom is 0.361 e. The van der Waals surface area contributed by atoms with Gasteiger partial charge < -0.3 is 9.64 Å². The molecule has 1 aromatic heterocycles. The number of carbonyl (C=O) groups excluding carboxylic acids is 1. The molecule has 0 amide bonds. The minimum absolute atomic E-state index is 0.297. The number of nitrogens with zero attached hydrogens (tertiary/aromatic N) is 3. The smallest absolute Gasteiger partial charge is 0.361 e. The van der Waals surface area contributed by atoms with E-state index in [-0.39, 0.29) is 0 Å². The van der Waals surface area contributed by atoms with Crippen LogP contribution in [0.4, 0.5) is 5.69 Å². The van der Waals surface area contributed by atoms with Gasteiger partial charge >= 0.3 is 5.97 Å². The third kappa shape index (κ3) is 3.12. The van der Waals surface area contributed by atoms with Crippen LogP contribution in [0.3, 0.4) is 0 Å². The maximum atomic E-state index is 12.2. The average molecular weight is 287 g/mol. The van der Waals surface area contributed by atoms with Crippen molar-refractivity contribution in [2.45, 2.75) is 27.2 Å². The number of hydrogen-bond acceptors (Lipinski definition) is 5. The van der Waals surface area contributed by atoms with Gasteiger partial charge in [0.2, 0.25) is 0 Å². The van der Waals surface area contributed by atoms with Gasteiger partial charge in [-0.25, -0.2) is 4.79 Å². The van der Waals surface area contributed by atoms with E-state index in [0.29, 0.717) is 12.3 Å². The van der Waals surface area contributed by atoms with Crippen molar-refractivity contribution in [3.63, 3.8) is 0 Å². The summed E-state index contributed by atoms with van der Waals surface area (Å²) >= 11 is 0. The first-order valence-corrected chi connectivity index (χ1v) is 7.40. The summed E-state index contributed by atoms with van der Waals surface area (Å²) in [6, 6.07) is 7.74. The molecule has 0 spiro atoms. The molecule has 0 atom stereocenters. The van der Waals surface area contributed by atoms with Gasteiger partial charge in [0.05, 0.1) is 17.8 Å². The van der Waals surface area contributed by atoms with Crippen LogP contribution in [0.1, 0.15) is 37.7 Å². The van der Waals surface area contributed by atoms with Gasteiger partial charge in [0.15, 0.2) is 5.69 Å². The summed E-state index contributed by atoms with van der Waals surface area (Å²) in [5, 5.41) is 9.19. The molecule has 0 saturated heterocycles. The lowest BCUT2D eigenvalue weighted by Gasteiger charge is -2.25. The van der Waals surface area contributed by atoms with Gasteiger partial charge in [0, 0.05) is 18.5 Å². The Hall–Kier alpha value is -2.17. The number of carbonyl (C=O) groups is 1. The lowest BCUT2D eigenvalue weighted by Crippen LogP contribution is -2.27. The van der Waals surface area contributed by atoms with Crippen LogP contribution in [0.15, 0.2) is 24.3 Å². The van der Waals surface area contributed by atoms with Crippen molar-refractivity contribution in [3.8, 4) is 0 Å². The van der Waals surface area contributed by atoms with Crippen LogP contribution in [-0.4, -0.2) is 35.9 Å². The van der Waals surface area contributed by atoms with Crippen LogP contribution < -0.4 is 4.90 Å². The van der Waals surface area contributed by atoms with Gasteiger partial charge in [-0.05, 0) is 26.3 Å². The Morgan fingerprint density at radius 1 is 1.19 bits per heavy atom. The van der Waals surface area contributed by atoms with Gasteiger partial charge in [0.25, 0.3) is 0 Å². The van der Waals surface area contributed by atoms with E-state index >= 15 is 0 Å². The topological polar surface area (TPSA) is 55.3 Å². The van der Waals surface area contributed by atoms with E-state index in [9.17, 15) is 4.79 Å². The molecule has 2 rings (SSSR count). The quantitative estimate of drug-likeness (QED) is 0.764. The normalized spacial score (nSPS) is 10.6. The molecule has 0 unspecified atom stereocenters. The molecule has 0 radical (unpaired) electrons. The highest BCUT2D eigenvalue weighted by Gasteiger charge is 2.22. The van der Waals surface area contributed by atoms with Crippen molar-refractivity contribution in [2.24, 2.45) is 0 Å². The average Bonchev–Trinajstić information content (AvgIpc) is 2.52. The molecule has 0 saturated carbocycles. The van der Waals surface area contributed by atoms with Crippen LogP contribution in [0.25, 0.3) is 10.9 Å². The fourth-order valence-electron chi connectivity index (χ4n) is 2.39. The number of fused-ring (bicyclic) bond motifs is 1. The summed E-state index contributed by atoms with van der Waals surface area (Å²) in [4.78, 5) is 14.3. The molecule has 0 aliphatic rings. The van der Waals surface area contributed by atoms with Crippen molar-refractivity contribution in [3.05, 3.63) is 30.0 Å². The molecule has 1 aromatic carbocycles. The van der Waals surface area contributed by atoms with E-state index in [1.807, 2.05) is 24.3 Å². The minimum atomic E-state index is -0.416. The number of anilines is 1. The van der Waals surface area contributed by atoms with Crippen molar-refractivity contribution >= 4 is 22.6 Å². The van der Waals surface area contributed by atoms with Crippen molar-refractivity contribution in [1.82, 2.24) is 10.2 Å². The van der Waals surface area contributed by atoms with Crippen LogP contribution in [0, 0.1) is 0 Å². The number of benzene rings is 1.